The van der Waals surface area contributed by atoms with Crippen molar-refractivity contribution >= 4 is 30.0 Å². The Labute approximate surface area is 240 Å². The standard InChI is InChI=1S/C19H26N2O3.C11H16N2.C2H5N/c1-5-8-14-11-21(18(23)16(14)6-2)17(13(3)4)19(24)20-10-7-9-15(20)12-22;1-9(13-3)11-6-4-10(5-7-11)8-12-2;1-2-3/h5-6,8,12-13,15,17H,2,7,9-11H2,1,3-4H3;4-7,12-13H,1,8H2,2-3H3;2-3H,1H3/b8-5-;;. The number of likely N-dealkylation sites (tertiary alicyclic amines) is 1. The molecule has 2 atom stereocenters. The predicted octanol–water partition coefficient (Wildman–Crippen LogP) is 4.35. The zero-order chi connectivity index (χ0) is 30.2. The van der Waals surface area contributed by atoms with Crippen LogP contribution in [0.3, 0.4) is 0 Å². The molecule has 2 heterocycles. The summed E-state index contributed by atoms with van der Waals surface area (Å²) in [7, 11) is 3.82. The Kier molecular flexibility index (Phi) is 15.2. The summed E-state index contributed by atoms with van der Waals surface area (Å²) in [5, 5.41) is 12.2. The zero-order valence-electron chi connectivity index (χ0n) is 25.0. The predicted molar refractivity (Wildman–Crippen MR) is 165 cm³/mol. The molecule has 2 unspecified atom stereocenters. The van der Waals surface area contributed by atoms with Gasteiger partial charge in [0.15, 0.2) is 0 Å². The lowest BCUT2D eigenvalue weighted by atomic mass is 10.0. The second-order valence-corrected chi connectivity index (χ2v) is 9.89. The van der Waals surface area contributed by atoms with Gasteiger partial charge >= 0.3 is 0 Å². The number of amides is 2. The molecule has 1 aromatic rings. The van der Waals surface area contributed by atoms with Gasteiger partial charge < -0.3 is 30.6 Å². The maximum absolute atomic E-state index is 13.1. The summed E-state index contributed by atoms with van der Waals surface area (Å²) >= 11 is 0. The highest BCUT2D eigenvalue weighted by Gasteiger charge is 2.42. The van der Waals surface area contributed by atoms with Gasteiger partial charge in [-0.25, -0.2) is 0 Å². The van der Waals surface area contributed by atoms with Crippen molar-refractivity contribution in [3.63, 3.8) is 0 Å². The van der Waals surface area contributed by atoms with Crippen LogP contribution in [0.5, 0.6) is 0 Å². The minimum Gasteiger partial charge on any atom is -0.388 e. The molecular weight excluding hydrogens is 502 g/mol. The van der Waals surface area contributed by atoms with E-state index < -0.39 is 6.04 Å². The molecule has 2 aliphatic rings. The number of hydrogen-bond acceptors (Lipinski definition) is 6. The van der Waals surface area contributed by atoms with Crippen molar-refractivity contribution in [2.24, 2.45) is 5.92 Å². The molecule has 0 radical (unpaired) electrons. The number of nitrogens with zero attached hydrogens (tertiary/aromatic N) is 2. The van der Waals surface area contributed by atoms with E-state index in [4.69, 9.17) is 5.41 Å². The summed E-state index contributed by atoms with van der Waals surface area (Å²) in [6.07, 6.45) is 8.95. The van der Waals surface area contributed by atoms with Crippen molar-refractivity contribution in [1.29, 1.82) is 5.41 Å². The van der Waals surface area contributed by atoms with Crippen LogP contribution >= 0.6 is 0 Å². The van der Waals surface area contributed by atoms with E-state index in [0.717, 1.165) is 36.1 Å². The lowest BCUT2D eigenvalue weighted by Gasteiger charge is -2.34. The molecule has 0 aromatic heterocycles. The minimum atomic E-state index is -0.559. The normalized spacial score (nSPS) is 17.2. The molecule has 0 spiro atoms. The first-order valence-corrected chi connectivity index (χ1v) is 13.8. The average Bonchev–Trinajstić information content (AvgIpc) is 3.54. The first kappa shape index (κ1) is 34.2. The van der Waals surface area contributed by atoms with E-state index in [-0.39, 0.29) is 23.8 Å². The minimum absolute atomic E-state index is 0.0367. The Balaban J connectivity index is 0.000000420. The Morgan fingerprint density at radius 3 is 2.30 bits per heavy atom. The van der Waals surface area contributed by atoms with Gasteiger partial charge in [-0.3, -0.25) is 9.59 Å². The molecule has 40 heavy (non-hydrogen) atoms. The number of nitrogens with one attached hydrogen (secondary N) is 3. The number of hydrogen-bond donors (Lipinski definition) is 3. The van der Waals surface area contributed by atoms with E-state index in [1.165, 1.54) is 11.8 Å². The van der Waals surface area contributed by atoms with Gasteiger partial charge in [-0.05, 0) is 62.6 Å². The molecule has 0 aliphatic carbocycles. The lowest BCUT2D eigenvalue weighted by molar-refractivity contribution is -0.146. The molecule has 0 bridgehead atoms. The topological polar surface area (TPSA) is 106 Å². The van der Waals surface area contributed by atoms with E-state index in [9.17, 15) is 14.4 Å². The zero-order valence-corrected chi connectivity index (χ0v) is 25.0. The molecule has 2 amide bonds. The van der Waals surface area contributed by atoms with Crippen molar-refractivity contribution in [1.82, 2.24) is 20.4 Å². The fourth-order valence-corrected chi connectivity index (χ4v) is 4.75. The maximum Gasteiger partial charge on any atom is 0.255 e. The Hall–Kier alpha value is -3.78. The third-order valence-corrected chi connectivity index (χ3v) is 6.69. The fraction of sp³-hybridized carbons (Fsp3) is 0.438. The number of carbonyl (C=O) groups excluding carboxylic acids is 3. The summed E-state index contributed by atoms with van der Waals surface area (Å²) in [5.41, 5.74) is 4.82. The SMILES string of the molecule is C=C(NC)c1ccc(CNC)cc1.C=CC1=C(/C=C\C)CN(C(C(=O)N2CCCC2C=O)C(C)C)C1=O.CC=N. The van der Waals surface area contributed by atoms with Crippen molar-refractivity contribution in [2.45, 2.75) is 59.2 Å². The van der Waals surface area contributed by atoms with E-state index in [2.05, 4.69) is 48.1 Å². The molecule has 1 aromatic carbocycles. The first-order valence-electron chi connectivity index (χ1n) is 13.8. The van der Waals surface area contributed by atoms with E-state index in [1.807, 2.05) is 47.0 Å². The molecule has 1 saturated heterocycles. The van der Waals surface area contributed by atoms with E-state index in [0.29, 0.717) is 25.1 Å². The van der Waals surface area contributed by atoms with Gasteiger partial charge in [-0.15, -0.1) is 0 Å². The van der Waals surface area contributed by atoms with Gasteiger partial charge in [0.1, 0.15) is 12.3 Å². The largest absolute Gasteiger partial charge is 0.388 e. The third kappa shape index (κ3) is 9.16. The van der Waals surface area contributed by atoms with Crippen LogP contribution in [-0.2, 0) is 20.9 Å². The molecule has 0 saturated carbocycles. The highest BCUT2D eigenvalue weighted by atomic mass is 16.2. The van der Waals surface area contributed by atoms with Gasteiger partial charge in [0, 0.05) is 38.0 Å². The maximum atomic E-state index is 13.1. The van der Waals surface area contributed by atoms with Crippen LogP contribution in [-0.4, -0.2) is 73.4 Å². The Morgan fingerprint density at radius 2 is 1.82 bits per heavy atom. The second kappa shape index (κ2) is 17.7. The van der Waals surface area contributed by atoms with Crippen molar-refractivity contribution < 1.29 is 14.4 Å². The van der Waals surface area contributed by atoms with E-state index in [1.54, 1.807) is 22.8 Å². The Morgan fingerprint density at radius 1 is 1.20 bits per heavy atom. The van der Waals surface area contributed by atoms with Gasteiger partial charge in [-0.1, -0.05) is 69.5 Å². The van der Waals surface area contributed by atoms with Crippen LogP contribution in [0.1, 0.15) is 51.7 Å². The molecule has 3 rings (SSSR count). The summed E-state index contributed by atoms with van der Waals surface area (Å²) in [6.45, 7) is 16.9. The Bertz CT molecular complexity index is 1090. The fourth-order valence-electron chi connectivity index (χ4n) is 4.75. The van der Waals surface area contributed by atoms with Crippen LogP contribution in [0.4, 0.5) is 0 Å². The van der Waals surface area contributed by atoms with Gasteiger partial charge in [0.05, 0.1) is 6.04 Å². The summed E-state index contributed by atoms with van der Waals surface area (Å²) in [6, 6.07) is 7.44. The molecule has 8 nitrogen and oxygen atoms in total. The average molecular weight is 550 g/mol. The lowest BCUT2D eigenvalue weighted by Crippen LogP contribution is -2.53. The van der Waals surface area contributed by atoms with Crippen molar-refractivity contribution in [3.05, 3.63) is 77.9 Å². The van der Waals surface area contributed by atoms with Gasteiger partial charge in [0.25, 0.3) is 5.91 Å². The molecule has 1 fully saturated rings. The van der Waals surface area contributed by atoms with Crippen LogP contribution in [0.15, 0.2) is 66.8 Å². The molecule has 2 aliphatic heterocycles. The highest BCUT2D eigenvalue weighted by Crippen LogP contribution is 2.28. The quantitative estimate of drug-likeness (QED) is 0.297. The van der Waals surface area contributed by atoms with Crippen LogP contribution < -0.4 is 10.6 Å². The number of rotatable bonds is 10. The molecular formula is C32H47N5O3. The van der Waals surface area contributed by atoms with Crippen LogP contribution in [0, 0.1) is 11.3 Å². The monoisotopic (exact) mass is 549 g/mol. The van der Waals surface area contributed by atoms with Crippen LogP contribution in [0.25, 0.3) is 5.70 Å². The first-order chi connectivity index (χ1) is 19.1. The second-order valence-electron chi connectivity index (χ2n) is 9.89. The number of allylic oxidation sites excluding steroid dienone is 1. The number of carbonyl (C=O) groups is 3. The van der Waals surface area contributed by atoms with Gasteiger partial charge in [0.2, 0.25) is 5.91 Å². The highest BCUT2D eigenvalue weighted by molar-refractivity contribution is 6.03. The molecule has 218 valence electrons. The summed E-state index contributed by atoms with van der Waals surface area (Å²) in [5.74, 6) is -0.324. The number of benzene rings is 1. The van der Waals surface area contributed by atoms with Gasteiger partial charge in [-0.2, -0.15) is 0 Å². The van der Waals surface area contributed by atoms with Crippen molar-refractivity contribution in [3.8, 4) is 0 Å². The smallest absolute Gasteiger partial charge is 0.255 e. The summed E-state index contributed by atoms with van der Waals surface area (Å²) in [4.78, 5) is 40.3. The number of aldehydes is 1. The van der Waals surface area contributed by atoms with Crippen molar-refractivity contribution in [2.75, 3.05) is 27.2 Å². The molecule has 3 N–H and O–H groups in total. The third-order valence-electron chi connectivity index (χ3n) is 6.69. The molecule has 8 heteroatoms. The van der Waals surface area contributed by atoms with E-state index >= 15 is 0 Å². The summed E-state index contributed by atoms with van der Waals surface area (Å²) < 4.78 is 0. The van der Waals surface area contributed by atoms with Crippen LogP contribution in [0.2, 0.25) is 0 Å².